The van der Waals surface area contributed by atoms with Crippen molar-refractivity contribution in [2.75, 3.05) is 20.2 Å². The van der Waals surface area contributed by atoms with E-state index in [0.717, 1.165) is 18.4 Å². The molecule has 2 amide bonds. The number of hydrogen-bond donors (Lipinski definition) is 2. The molecule has 1 saturated carbocycles. The fourth-order valence-electron chi connectivity index (χ4n) is 7.31. The molecule has 2 aliphatic heterocycles. The molecule has 3 aromatic carbocycles. The topological polar surface area (TPSA) is 102 Å². The lowest BCUT2D eigenvalue weighted by Gasteiger charge is -2.43. The van der Waals surface area contributed by atoms with Gasteiger partial charge in [-0.3, -0.25) is 4.79 Å². The van der Waals surface area contributed by atoms with E-state index >= 15 is 0 Å². The number of rotatable bonds is 7. The van der Waals surface area contributed by atoms with Crippen molar-refractivity contribution in [3.8, 4) is 5.75 Å². The molecule has 8 nitrogen and oxygen atoms in total. The van der Waals surface area contributed by atoms with Crippen LogP contribution in [0.4, 0.5) is 10.1 Å². The Balaban J connectivity index is 1.50. The zero-order chi connectivity index (χ0) is 30.6. The highest BCUT2D eigenvalue weighted by molar-refractivity contribution is 7.91. The Bertz CT molecular complexity index is 1720. The first-order valence-electron chi connectivity index (χ1n) is 14.4. The van der Waals surface area contributed by atoms with Crippen molar-refractivity contribution < 1.29 is 27.1 Å². The lowest BCUT2D eigenvalue weighted by Crippen LogP contribution is -2.67. The molecular weight excluding hydrogens is 593 g/mol. The van der Waals surface area contributed by atoms with Crippen LogP contribution in [0.2, 0.25) is 5.02 Å². The molecule has 3 aliphatic rings. The maximum absolute atomic E-state index is 14.9. The molecule has 2 fully saturated rings. The van der Waals surface area contributed by atoms with Crippen LogP contribution in [0.3, 0.4) is 0 Å². The van der Waals surface area contributed by atoms with Gasteiger partial charge in [-0.05, 0) is 80.7 Å². The highest BCUT2D eigenvalue weighted by atomic mass is 35.5. The highest BCUT2D eigenvalue weighted by Gasteiger charge is 2.73. The van der Waals surface area contributed by atoms with Crippen LogP contribution in [0.1, 0.15) is 54.1 Å². The van der Waals surface area contributed by atoms with Crippen LogP contribution >= 0.6 is 11.6 Å². The number of amides is 2. The van der Waals surface area contributed by atoms with E-state index in [1.165, 1.54) is 44.4 Å². The molecule has 43 heavy (non-hydrogen) atoms. The van der Waals surface area contributed by atoms with E-state index in [4.69, 9.17) is 16.3 Å². The molecule has 11 heteroatoms. The van der Waals surface area contributed by atoms with Crippen molar-refractivity contribution in [3.05, 3.63) is 88.2 Å². The SMILES string of the molecule is COc1cccc(S(=O)(=O)[N+]2(C(C)=O)c3ccc(C(=O)NCc4ccc(F)cc4Cl)cc3C3(CCNCC3)C2C2CC2)c1. The predicted octanol–water partition coefficient (Wildman–Crippen LogP) is 5.07. The molecule has 2 unspecified atom stereocenters. The largest absolute Gasteiger partial charge is 0.497 e. The summed E-state index contributed by atoms with van der Waals surface area (Å²) in [4.78, 5) is 27.5. The van der Waals surface area contributed by atoms with Crippen molar-refractivity contribution in [1.82, 2.24) is 14.5 Å². The molecule has 226 valence electrons. The average molecular weight is 627 g/mol. The van der Waals surface area contributed by atoms with Crippen molar-refractivity contribution in [3.63, 3.8) is 0 Å². The summed E-state index contributed by atoms with van der Waals surface area (Å²) >= 11 is 6.16. The van der Waals surface area contributed by atoms with E-state index in [9.17, 15) is 22.4 Å². The fourth-order valence-corrected chi connectivity index (χ4v) is 9.82. The molecule has 2 N–H and O–H groups in total. The molecule has 2 heterocycles. The van der Waals surface area contributed by atoms with Gasteiger partial charge in [-0.2, -0.15) is 8.42 Å². The number of halogens is 2. The van der Waals surface area contributed by atoms with E-state index in [1.807, 2.05) is 0 Å². The Hall–Kier alpha value is -3.31. The van der Waals surface area contributed by atoms with E-state index in [2.05, 4.69) is 10.6 Å². The van der Waals surface area contributed by atoms with Crippen LogP contribution < -0.4 is 19.3 Å². The van der Waals surface area contributed by atoms with Gasteiger partial charge in [0.15, 0.2) is 5.69 Å². The molecule has 2 atom stereocenters. The van der Waals surface area contributed by atoms with Gasteiger partial charge in [0.05, 0.1) is 19.4 Å². The number of nitrogens with zero attached hydrogens (tertiary/aromatic N) is 1. The number of methoxy groups -OCH3 is 1. The Kier molecular flexibility index (Phi) is 7.61. The van der Waals surface area contributed by atoms with Crippen LogP contribution in [0, 0.1) is 11.7 Å². The molecular formula is C32H34ClFN3O5S+. The Morgan fingerprint density at radius 1 is 1.09 bits per heavy atom. The highest BCUT2D eigenvalue weighted by Crippen LogP contribution is 2.62. The number of sulfonamides is 1. The summed E-state index contributed by atoms with van der Waals surface area (Å²) in [5, 5.41) is 6.46. The van der Waals surface area contributed by atoms with Crippen LogP contribution in [0.25, 0.3) is 0 Å². The number of fused-ring (bicyclic) bond motifs is 2. The number of nitrogens with one attached hydrogen (secondary N) is 2. The summed E-state index contributed by atoms with van der Waals surface area (Å²) < 4.78 is 47.8. The van der Waals surface area contributed by atoms with Gasteiger partial charge >= 0.3 is 15.9 Å². The van der Waals surface area contributed by atoms with Gasteiger partial charge in [-0.15, -0.1) is 3.89 Å². The van der Waals surface area contributed by atoms with Crippen LogP contribution in [0.15, 0.2) is 65.6 Å². The van der Waals surface area contributed by atoms with Crippen molar-refractivity contribution in [2.24, 2.45) is 5.92 Å². The number of benzene rings is 3. The lowest BCUT2D eigenvalue weighted by atomic mass is 9.68. The van der Waals surface area contributed by atoms with Crippen LogP contribution in [-0.4, -0.2) is 46.5 Å². The first-order chi connectivity index (χ1) is 20.6. The van der Waals surface area contributed by atoms with Gasteiger partial charge in [-0.25, -0.2) is 9.18 Å². The fraction of sp³-hybridized carbons (Fsp3) is 0.375. The summed E-state index contributed by atoms with van der Waals surface area (Å²) in [6.45, 7) is 2.79. The molecule has 0 aromatic heterocycles. The molecule has 1 saturated heterocycles. The third kappa shape index (κ3) is 4.66. The zero-order valence-electron chi connectivity index (χ0n) is 24.0. The summed E-state index contributed by atoms with van der Waals surface area (Å²) in [6.07, 6.45) is 2.94. The minimum atomic E-state index is -4.32. The van der Waals surface area contributed by atoms with Crippen LogP contribution in [0.5, 0.6) is 5.75 Å². The van der Waals surface area contributed by atoms with Gasteiger partial charge in [-0.1, -0.05) is 23.7 Å². The molecule has 0 bridgehead atoms. The zero-order valence-corrected chi connectivity index (χ0v) is 25.6. The molecule has 1 spiro atoms. The van der Waals surface area contributed by atoms with Crippen molar-refractivity contribution in [1.29, 1.82) is 0 Å². The van der Waals surface area contributed by atoms with E-state index in [1.54, 1.807) is 30.3 Å². The maximum atomic E-state index is 14.9. The summed E-state index contributed by atoms with van der Waals surface area (Å²) in [6, 6.07) is 14.8. The van der Waals surface area contributed by atoms with Gasteiger partial charge in [0, 0.05) is 40.7 Å². The minimum Gasteiger partial charge on any atom is -0.497 e. The van der Waals surface area contributed by atoms with Gasteiger partial charge in [0.25, 0.3) is 5.91 Å². The standard InChI is InChI=1S/C32H33ClFN3O5S/c1-20(38)37(43(40,41)26-5-3-4-25(18-26)42-2)29-11-9-22(31(39)36-19-23-8-10-24(34)17-28(23)33)16-27(29)32(12-14-35-15-13-32)30(37)21-6-7-21/h3-5,8-11,16-18,21,30,35H,6-7,12-15,19H2,1-2H3/p+1. The van der Waals surface area contributed by atoms with E-state index in [-0.39, 0.29) is 28.3 Å². The number of carbonyl (C=O) groups excluding carboxylic acids is 2. The first-order valence-corrected chi connectivity index (χ1v) is 16.2. The van der Waals surface area contributed by atoms with Gasteiger partial charge in [0.1, 0.15) is 22.5 Å². The summed E-state index contributed by atoms with van der Waals surface area (Å²) in [7, 11) is -2.85. The van der Waals surface area contributed by atoms with E-state index in [0.29, 0.717) is 48.5 Å². The molecule has 6 rings (SSSR count). The monoisotopic (exact) mass is 626 g/mol. The number of piperidine rings is 1. The second-order valence-electron chi connectivity index (χ2n) is 11.7. The van der Waals surface area contributed by atoms with Gasteiger partial charge in [0.2, 0.25) is 0 Å². The Morgan fingerprint density at radius 3 is 2.49 bits per heavy atom. The summed E-state index contributed by atoms with van der Waals surface area (Å²) in [5.41, 5.74) is 1.44. The number of hydrogen-bond acceptors (Lipinski definition) is 6. The Labute approximate surface area is 255 Å². The normalized spacial score (nSPS) is 22.7. The lowest BCUT2D eigenvalue weighted by molar-refractivity contribution is -0.126. The van der Waals surface area contributed by atoms with Crippen molar-refractivity contribution in [2.45, 2.75) is 55.5 Å². The average Bonchev–Trinajstić information content (AvgIpc) is 3.80. The molecule has 1 aliphatic carbocycles. The molecule has 3 aromatic rings. The second kappa shape index (κ2) is 11.0. The second-order valence-corrected chi connectivity index (χ2v) is 14.1. The first kappa shape index (κ1) is 29.7. The number of ether oxygens (including phenoxy) is 1. The molecule has 0 radical (unpaired) electrons. The smallest absolute Gasteiger partial charge is 0.339 e. The predicted molar refractivity (Wildman–Crippen MR) is 162 cm³/mol. The number of carbonyl (C=O) groups is 2. The van der Waals surface area contributed by atoms with Crippen molar-refractivity contribution >= 4 is 39.1 Å². The Morgan fingerprint density at radius 2 is 1.84 bits per heavy atom. The van der Waals surface area contributed by atoms with Gasteiger partial charge < -0.3 is 15.4 Å². The number of quaternary nitrogens is 1. The third-order valence-corrected chi connectivity index (χ3v) is 12.0. The maximum Gasteiger partial charge on any atom is 0.339 e. The van der Waals surface area contributed by atoms with Crippen LogP contribution in [-0.2, 0) is 26.8 Å². The minimum absolute atomic E-state index is 0.0163. The quantitative estimate of drug-likeness (QED) is 0.355. The summed E-state index contributed by atoms with van der Waals surface area (Å²) in [5.74, 6) is -0.895. The van der Waals surface area contributed by atoms with E-state index < -0.39 is 37.1 Å². The third-order valence-electron chi connectivity index (χ3n) is 9.32.